The SMILES string of the molecule is CCCCCCCCOCCOCCOCCOCCOCCOc1ccc([N+](=O)[O-])cc1. The minimum absolute atomic E-state index is 0.0379. The van der Waals surface area contributed by atoms with Crippen LogP contribution in [0.25, 0.3) is 0 Å². The molecule has 0 radical (unpaired) electrons. The van der Waals surface area contributed by atoms with Gasteiger partial charge >= 0.3 is 0 Å². The van der Waals surface area contributed by atoms with Gasteiger partial charge in [-0.3, -0.25) is 10.1 Å². The Morgan fingerprint density at radius 2 is 1.03 bits per heavy atom. The molecule has 0 spiro atoms. The fraction of sp³-hybridized carbons (Fsp3) is 0.750. The first kappa shape index (κ1) is 29.3. The predicted octanol–water partition coefficient (Wildman–Crippen LogP) is 4.42. The molecule has 9 nitrogen and oxygen atoms in total. The third-order valence-corrected chi connectivity index (χ3v) is 4.67. The van der Waals surface area contributed by atoms with Crippen LogP contribution in [-0.4, -0.2) is 77.6 Å². The molecule has 1 aromatic carbocycles. The van der Waals surface area contributed by atoms with E-state index in [1.165, 1.54) is 44.2 Å². The van der Waals surface area contributed by atoms with Crippen molar-refractivity contribution in [2.24, 2.45) is 0 Å². The second kappa shape index (κ2) is 22.0. The van der Waals surface area contributed by atoms with Crippen LogP contribution in [0.2, 0.25) is 0 Å². The first-order valence-corrected chi connectivity index (χ1v) is 12.0. The standard InChI is InChI=1S/C24H41NO8/c1-2-3-4-5-6-7-12-28-13-14-29-15-16-30-17-18-31-19-20-32-21-22-33-24-10-8-23(9-11-24)25(26)27/h8-11H,2-7,12-22H2,1H3. The van der Waals surface area contributed by atoms with Gasteiger partial charge in [0.05, 0.1) is 64.4 Å². The largest absolute Gasteiger partial charge is 0.491 e. The van der Waals surface area contributed by atoms with Crippen LogP contribution in [0.5, 0.6) is 5.75 Å². The van der Waals surface area contributed by atoms with Crippen molar-refractivity contribution in [3.8, 4) is 5.75 Å². The number of rotatable bonds is 24. The average molecular weight is 472 g/mol. The summed E-state index contributed by atoms with van der Waals surface area (Å²) in [7, 11) is 0. The number of benzene rings is 1. The molecule has 0 fully saturated rings. The van der Waals surface area contributed by atoms with Crippen molar-refractivity contribution in [2.75, 3.05) is 72.7 Å². The van der Waals surface area contributed by atoms with Gasteiger partial charge in [-0.2, -0.15) is 0 Å². The van der Waals surface area contributed by atoms with E-state index in [1.54, 1.807) is 12.1 Å². The topological polar surface area (TPSA) is 98.5 Å². The average Bonchev–Trinajstić information content (AvgIpc) is 2.82. The molecule has 0 atom stereocenters. The van der Waals surface area contributed by atoms with Crippen LogP contribution < -0.4 is 4.74 Å². The maximum atomic E-state index is 10.6. The molecular formula is C24H41NO8. The molecule has 0 saturated carbocycles. The molecule has 0 aliphatic heterocycles. The van der Waals surface area contributed by atoms with E-state index in [2.05, 4.69) is 6.92 Å². The van der Waals surface area contributed by atoms with Gasteiger partial charge in [0.1, 0.15) is 12.4 Å². The molecule has 0 aromatic heterocycles. The smallest absolute Gasteiger partial charge is 0.269 e. The number of hydrogen-bond acceptors (Lipinski definition) is 8. The van der Waals surface area contributed by atoms with Gasteiger partial charge in [0.15, 0.2) is 0 Å². The second-order valence-electron chi connectivity index (χ2n) is 7.43. The lowest BCUT2D eigenvalue weighted by atomic mass is 10.1. The van der Waals surface area contributed by atoms with Crippen molar-refractivity contribution in [1.82, 2.24) is 0 Å². The van der Waals surface area contributed by atoms with E-state index in [9.17, 15) is 10.1 Å². The van der Waals surface area contributed by atoms with Crippen LogP contribution in [0.4, 0.5) is 5.69 Å². The van der Waals surface area contributed by atoms with Crippen LogP contribution in [0.3, 0.4) is 0 Å². The molecule has 9 heteroatoms. The zero-order chi connectivity index (χ0) is 23.8. The van der Waals surface area contributed by atoms with E-state index >= 15 is 0 Å². The molecule has 0 aliphatic rings. The number of nitro groups is 1. The molecule has 1 rings (SSSR count). The highest BCUT2D eigenvalue weighted by Crippen LogP contribution is 2.17. The van der Waals surface area contributed by atoms with Crippen molar-refractivity contribution >= 4 is 5.69 Å². The third-order valence-electron chi connectivity index (χ3n) is 4.67. The summed E-state index contributed by atoms with van der Waals surface area (Å²) in [5, 5.41) is 10.6. The summed E-state index contributed by atoms with van der Waals surface area (Å²) in [6.45, 7) is 8.12. The van der Waals surface area contributed by atoms with Crippen LogP contribution in [0.15, 0.2) is 24.3 Å². The Labute approximate surface area is 197 Å². The van der Waals surface area contributed by atoms with Gasteiger partial charge in [-0.25, -0.2) is 0 Å². The van der Waals surface area contributed by atoms with Crippen molar-refractivity contribution in [3.63, 3.8) is 0 Å². The Bertz CT molecular complexity index is 570. The van der Waals surface area contributed by atoms with E-state index in [0.29, 0.717) is 71.8 Å². The van der Waals surface area contributed by atoms with E-state index in [1.807, 2.05) is 0 Å². The van der Waals surface area contributed by atoms with E-state index in [4.69, 9.17) is 28.4 Å². The summed E-state index contributed by atoms with van der Waals surface area (Å²) in [6.07, 6.45) is 7.65. The number of non-ortho nitro benzene ring substituents is 1. The van der Waals surface area contributed by atoms with E-state index in [-0.39, 0.29) is 5.69 Å². The number of nitro benzene ring substituents is 1. The number of ether oxygens (including phenoxy) is 6. The Kier molecular flexibility index (Phi) is 19.5. The molecule has 1 aromatic rings. The normalized spacial score (nSPS) is 11.1. The lowest BCUT2D eigenvalue weighted by Crippen LogP contribution is -2.14. The van der Waals surface area contributed by atoms with Gasteiger partial charge in [0.25, 0.3) is 5.69 Å². The van der Waals surface area contributed by atoms with Crippen LogP contribution in [0, 0.1) is 10.1 Å². The monoisotopic (exact) mass is 471 g/mol. The highest BCUT2D eigenvalue weighted by atomic mass is 16.6. The van der Waals surface area contributed by atoms with Crippen LogP contribution in [0.1, 0.15) is 45.4 Å². The van der Waals surface area contributed by atoms with E-state index in [0.717, 1.165) is 13.0 Å². The predicted molar refractivity (Wildman–Crippen MR) is 126 cm³/mol. The molecule has 0 aliphatic carbocycles. The maximum absolute atomic E-state index is 10.6. The fourth-order valence-electron chi connectivity index (χ4n) is 2.85. The van der Waals surface area contributed by atoms with Crippen molar-refractivity contribution in [1.29, 1.82) is 0 Å². The Hall–Kier alpha value is -1.78. The molecular weight excluding hydrogens is 430 g/mol. The summed E-state index contributed by atoms with van der Waals surface area (Å²) in [6, 6.07) is 5.95. The lowest BCUT2D eigenvalue weighted by molar-refractivity contribution is -0.384. The van der Waals surface area contributed by atoms with Crippen LogP contribution >= 0.6 is 0 Å². The molecule has 0 N–H and O–H groups in total. The van der Waals surface area contributed by atoms with Crippen molar-refractivity contribution in [2.45, 2.75) is 45.4 Å². The van der Waals surface area contributed by atoms with Crippen molar-refractivity contribution in [3.05, 3.63) is 34.4 Å². The van der Waals surface area contributed by atoms with Gasteiger partial charge < -0.3 is 28.4 Å². The minimum Gasteiger partial charge on any atom is -0.491 e. The maximum Gasteiger partial charge on any atom is 0.269 e. The minimum atomic E-state index is -0.444. The lowest BCUT2D eigenvalue weighted by Gasteiger charge is -2.08. The Morgan fingerprint density at radius 1 is 0.606 bits per heavy atom. The first-order valence-electron chi connectivity index (χ1n) is 12.0. The van der Waals surface area contributed by atoms with Gasteiger partial charge in [-0.1, -0.05) is 39.0 Å². The zero-order valence-electron chi connectivity index (χ0n) is 20.0. The Balaban J connectivity index is 1.72. The quantitative estimate of drug-likeness (QED) is 0.124. The summed E-state index contributed by atoms with van der Waals surface area (Å²) in [5.74, 6) is 0.572. The molecule has 0 saturated heterocycles. The van der Waals surface area contributed by atoms with Gasteiger partial charge in [0, 0.05) is 18.7 Å². The molecule has 33 heavy (non-hydrogen) atoms. The molecule has 0 bridgehead atoms. The summed E-state index contributed by atoms with van der Waals surface area (Å²) in [4.78, 5) is 10.1. The first-order chi connectivity index (χ1) is 16.2. The highest BCUT2D eigenvalue weighted by Gasteiger charge is 2.04. The Morgan fingerprint density at radius 3 is 1.52 bits per heavy atom. The molecule has 0 heterocycles. The number of hydrogen-bond donors (Lipinski definition) is 0. The third kappa shape index (κ3) is 18.3. The summed E-state index contributed by atoms with van der Waals surface area (Å²) in [5.41, 5.74) is 0.0379. The number of nitrogens with zero attached hydrogens (tertiary/aromatic N) is 1. The highest BCUT2D eigenvalue weighted by molar-refractivity contribution is 5.35. The molecule has 0 unspecified atom stereocenters. The van der Waals surface area contributed by atoms with Gasteiger partial charge in [-0.15, -0.1) is 0 Å². The number of unbranched alkanes of at least 4 members (excludes halogenated alkanes) is 5. The van der Waals surface area contributed by atoms with E-state index < -0.39 is 4.92 Å². The van der Waals surface area contributed by atoms with Crippen molar-refractivity contribution < 1.29 is 33.3 Å². The summed E-state index contributed by atoms with van der Waals surface area (Å²) < 4.78 is 32.8. The fourth-order valence-corrected chi connectivity index (χ4v) is 2.85. The second-order valence-corrected chi connectivity index (χ2v) is 7.43. The van der Waals surface area contributed by atoms with Gasteiger partial charge in [-0.05, 0) is 18.6 Å². The van der Waals surface area contributed by atoms with Gasteiger partial charge in [0.2, 0.25) is 0 Å². The molecule has 190 valence electrons. The molecule has 0 amide bonds. The zero-order valence-corrected chi connectivity index (χ0v) is 20.0. The van der Waals surface area contributed by atoms with Crippen LogP contribution in [-0.2, 0) is 23.7 Å². The summed E-state index contributed by atoms with van der Waals surface area (Å²) >= 11 is 0.